The van der Waals surface area contributed by atoms with E-state index in [1.165, 1.54) is 36.6 Å². The summed E-state index contributed by atoms with van der Waals surface area (Å²) in [4.78, 5) is 0. The molecule has 1 aliphatic heterocycles. The highest BCUT2D eigenvalue weighted by atomic mass is 28.4. The van der Waals surface area contributed by atoms with E-state index in [4.69, 9.17) is 4.43 Å². The van der Waals surface area contributed by atoms with Gasteiger partial charge < -0.3 is 4.43 Å². The van der Waals surface area contributed by atoms with Crippen LogP contribution in [0.2, 0.25) is 36.3 Å². The number of rotatable bonds is 8. The van der Waals surface area contributed by atoms with E-state index in [0.717, 1.165) is 24.1 Å². The van der Waals surface area contributed by atoms with Crippen molar-refractivity contribution in [3.63, 3.8) is 0 Å². The Kier molecular flexibility index (Phi) is 8.07. The van der Waals surface area contributed by atoms with Crippen LogP contribution >= 0.6 is 0 Å². The van der Waals surface area contributed by atoms with Crippen molar-refractivity contribution in [1.82, 2.24) is 0 Å². The molecule has 0 amide bonds. The molecule has 0 bridgehead atoms. The molecule has 0 spiro atoms. The lowest BCUT2D eigenvalue weighted by Crippen LogP contribution is -2.49. The number of benzene rings is 1. The summed E-state index contributed by atoms with van der Waals surface area (Å²) in [6.07, 6.45) is 10.4. The quantitative estimate of drug-likeness (QED) is 0.264. The normalized spacial score (nSPS) is 25.5. The van der Waals surface area contributed by atoms with E-state index in [9.17, 15) is 0 Å². The second-order valence-corrected chi connectivity index (χ2v) is 20.8. The van der Waals surface area contributed by atoms with Crippen LogP contribution in [0.25, 0.3) is 0 Å². The van der Waals surface area contributed by atoms with Crippen LogP contribution in [0.5, 0.6) is 0 Å². The Morgan fingerprint density at radius 1 is 1.12 bits per heavy atom. The van der Waals surface area contributed by atoms with Gasteiger partial charge in [-0.1, -0.05) is 107 Å². The van der Waals surface area contributed by atoms with Crippen molar-refractivity contribution in [2.24, 2.45) is 0 Å². The van der Waals surface area contributed by atoms with Crippen LogP contribution in [0.4, 0.5) is 8.78 Å². The van der Waals surface area contributed by atoms with E-state index in [1.54, 1.807) is 6.08 Å². The Morgan fingerprint density at radius 2 is 1.82 bits per heavy atom. The minimum Gasteiger partial charge on any atom is -0.404 e. The molecule has 5 heteroatoms. The van der Waals surface area contributed by atoms with Crippen LogP contribution in [0.3, 0.4) is 0 Å². The first-order valence-corrected chi connectivity index (χ1v) is 18.1. The van der Waals surface area contributed by atoms with Gasteiger partial charge in [0.2, 0.25) is 0 Å². The van der Waals surface area contributed by atoms with Crippen molar-refractivity contribution >= 4 is 21.6 Å². The second-order valence-electron chi connectivity index (χ2n) is 11.5. The Balaban J connectivity index is 1.78. The predicted molar refractivity (Wildman–Crippen MR) is 143 cm³/mol. The first-order chi connectivity index (χ1) is 15.4. The van der Waals surface area contributed by atoms with Gasteiger partial charge in [0, 0.05) is 0 Å². The van der Waals surface area contributed by atoms with Gasteiger partial charge >= 0.3 is 0 Å². The molecule has 1 heterocycles. The standard InChI is InChI=1S/C28H42F2OSi2/c1-7-8-12-19-33(25-13-10-9-11-14-25)20-17-23(18-21-33)24-15-16-26(28(29,30)22-24)31-32(5,6)27(2,3)4/h9-11,13-17,22,26H,7-8,12,18-21H2,1-6H3. The highest BCUT2D eigenvalue weighted by Crippen LogP contribution is 2.43. The lowest BCUT2D eigenvalue weighted by atomic mass is 9.94. The Bertz CT molecular complexity index is 896. The summed E-state index contributed by atoms with van der Waals surface area (Å²) in [5, 5.41) is 1.42. The van der Waals surface area contributed by atoms with Crippen molar-refractivity contribution in [3.8, 4) is 0 Å². The van der Waals surface area contributed by atoms with Gasteiger partial charge in [-0.05, 0) is 53.9 Å². The molecular formula is C28H42F2OSi2. The third-order valence-corrected chi connectivity index (χ3v) is 17.6. The number of unbranched alkanes of at least 4 members (excludes halogenated alkanes) is 2. The minimum atomic E-state index is -2.98. The van der Waals surface area contributed by atoms with E-state index >= 15 is 8.78 Å². The summed E-state index contributed by atoms with van der Waals surface area (Å²) in [5.74, 6) is -2.98. The van der Waals surface area contributed by atoms with Gasteiger partial charge in [0.1, 0.15) is 6.10 Å². The molecule has 33 heavy (non-hydrogen) atoms. The maximum atomic E-state index is 15.2. The van der Waals surface area contributed by atoms with Gasteiger partial charge in [-0.3, -0.25) is 0 Å². The molecular weight excluding hydrogens is 446 g/mol. The van der Waals surface area contributed by atoms with Gasteiger partial charge in [0.05, 0.1) is 8.07 Å². The number of hydrogen-bond donors (Lipinski definition) is 0. The molecule has 1 aromatic carbocycles. The van der Waals surface area contributed by atoms with Crippen molar-refractivity contribution in [2.75, 3.05) is 0 Å². The third kappa shape index (κ3) is 6.04. The molecule has 1 nitrogen and oxygen atoms in total. The molecule has 0 N–H and O–H groups in total. The molecule has 2 aliphatic rings. The zero-order valence-electron chi connectivity index (χ0n) is 21.4. The summed E-state index contributed by atoms with van der Waals surface area (Å²) >= 11 is 0. The Labute approximate surface area is 202 Å². The number of halogens is 2. The van der Waals surface area contributed by atoms with E-state index in [0.29, 0.717) is 5.57 Å². The highest BCUT2D eigenvalue weighted by molar-refractivity contribution is 6.92. The van der Waals surface area contributed by atoms with Crippen molar-refractivity contribution in [1.29, 1.82) is 0 Å². The zero-order valence-corrected chi connectivity index (χ0v) is 23.4. The molecule has 2 atom stereocenters. The smallest absolute Gasteiger partial charge is 0.295 e. The molecule has 3 rings (SSSR count). The van der Waals surface area contributed by atoms with Crippen LogP contribution in [-0.4, -0.2) is 28.4 Å². The van der Waals surface area contributed by atoms with E-state index in [1.807, 2.05) is 19.2 Å². The SMILES string of the molecule is CCCCC[Si]1(c2ccccc2)CC=C(C2=CC(F)(F)C(O[Si](C)(C)C(C)(C)C)C=C2)CC1. The molecule has 182 valence electrons. The predicted octanol–water partition coefficient (Wildman–Crippen LogP) is 8.38. The molecule has 0 radical (unpaired) electrons. The fraction of sp³-hybridized carbons (Fsp3) is 0.571. The summed E-state index contributed by atoms with van der Waals surface area (Å²) in [6.45, 7) is 12.6. The second kappa shape index (κ2) is 10.1. The van der Waals surface area contributed by atoms with Gasteiger partial charge in [-0.2, -0.15) is 8.78 Å². The van der Waals surface area contributed by atoms with Gasteiger partial charge in [0.15, 0.2) is 8.32 Å². The van der Waals surface area contributed by atoms with Crippen molar-refractivity contribution < 1.29 is 13.2 Å². The Morgan fingerprint density at radius 3 is 2.36 bits per heavy atom. The molecule has 1 aliphatic carbocycles. The van der Waals surface area contributed by atoms with Gasteiger partial charge in [0.25, 0.3) is 5.92 Å². The van der Waals surface area contributed by atoms with Crippen LogP contribution in [0, 0.1) is 0 Å². The Hall–Kier alpha value is -1.31. The molecule has 1 aromatic rings. The largest absolute Gasteiger partial charge is 0.404 e. The fourth-order valence-electron chi connectivity index (χ4n) is 4.77. The highest BCUT2D eigenvalue weighted by Gasteiger charge is 2.47. The number of allylic oxidation sites excluding steroid dienone is 4. The molecule has 0 saturated carbocycles. The van der Waals surface area contributed by atoms with Crippen LogP contribution in [0.15, 0.2) is 65.8 Å². The fourth-order valence-corrected chi connectivity index (χ4v) is 10.7. The van der Waals surface area contributed by atoms with E-state index in [-0.39, 0.29) is 5.04 Å². The van der Waals surface area contributed by atoms with Gasteiger partial charge in [-0.25, -0.2) is 0 Å². The first-order valence-electron chi connectivity index (χ1n) is 12.6. The number of hydrogen-bond acceptors (Lipinski definition) is 1. The summed E-state index contributed by atoms with van der Waals surface area (Å²) < 4.78 is 36.4. The molecule has 0 saturated heterocycles. The monoisotopic (exact) mass is 488 g/mol. The first kappa shape index (κ1) is 26.3. The summed E-state index contributed by atoms with van der Waals surface area (Å²) in [7, 11) is -3.92. The van der Waals surface area contributed by atoms with Crippen molar-refractivity contribution in [3.05, 3.63) is 65.8 Å². The average Bonchev–Trinajstić information content (AvgIpc) is 2.75. The maximum absolute atomic E-state index is 15.2. The number of alkyl halides is 2. The topological polar surface area (TPSA) is 9.23 Å². The van der Waals surface area contributed by atoms with Crippen LogP contribution in [-0.2, 0) is 4.43 Å². The minimum absolute atomic E-state index is 0.101. The average molecular weight is 489 g/mol. The van der Waals surface area contributed by atoms with E-state index < -0.39 is 28.4 Å². The summed E-state index contributed by atoms with van der Waals surface area (Å²) in [5.41, 5.74) is 1.78. The summed E-state index contributed by atoms with van der Waals surface area (Å²) in [6, 6.07) is 14.5. The third-order valence-electron chi connectivity index (χ3n) is 8.03. The molecule has 2 unspecified atom stereocenters. The van der Waals surface area contributed by atoms with E-state index in [2.05, 4.69) is 64.1 Å². The lowest BCUT2D eigenvalue weighted by molar-refractivity contribution is -0.0405. The molecule has 0 aromatic heterocycles. The van der Waals surface area contributed by atoms with Gasteiger partial charge in [-0.15, -0.1) is 0 Å². The lowest BCUT2D eigenvalue weighted by Gasteiger charge is -2.41. The van der Waals surface area contributed by atoms with Crippen molar-refractivity contribution in [2.45, 2.75) is 102 Å². The van der Waals surface area contributed by atoms with Crippen LogP contribution in [0.1, 0.15) is 53.4 Å². The zero-order chi connectivity index (χ0) is 24.3. The van der Waals surface area contributed by atoms with Crippen LogP contribution < -0.4 is 5.19 Å². The maximum Gasteiger partial charge on any atom is 0.295 e. The molecule has 0 fully saturated rings.